The molecule has 1 heterocycles. The minimum absolute atomic E-state index is 0.606. The van der Waals surface area contributed by atoms with Gasteiger partial charge in [0.25, 0.3) is 0 Å². The zero-order valence-corrected chi connectivity index (χ0v) is 13.8. The van der Waals surface area contributed by atoms with Gasteiger partial charge >= 0.3 is 0 Å². The molecule has 2 rings (SSSR count). The average molecular weight is 304 g/mol. The Hall–Kier alpha value is -1.69. The number of hydrogen-bond acceptors (Lipinski definition) is 6. The molecule has 0 amide bonds. The van der Waals surface area contributed by atoms with Gasteiger partial charge in [0, 0.05) is 13.1 Å². The molecule has 6 nitrogen and oxygen atoms in total. The molecule has 1 aromatic heterocycles. The number of anilines is 2. The molecule has 122 valence electrons. The first kappa shape index (κ1) is 16.7. The summed E-state index contributed by atoms with van der Waals surface area (Å²) in [6.07, 6.45) is 11.4. The summed E-state index contributed by atoms with van der Waals surface area (Å²) in [5.74, 6) is 1.39. The van der Waals surface area contributed by atoms with Crippen LogP contribution in [0.15, 0.2) is 17.8 Å². The fourth-order valence-electron chi connectivity index (χ4n) is 2.54. The van der Waals surface area contributed by atoms with Crippen LogP contribution in [0, 0.1) is 0 Å². The molecule has 0 saturated heterocycles. The summed E-state index contributed by atoms with van der Waals surface area (Å²) < 4.78 is 0. The van der Waals surface area contributed by atoms with E-state index in [1.54, 1.807) is 11.8 Å². The third-order valence-electron chi connectivity index (χ3n) is 3.76. The maximum Gasteiger partial charge on any atom is 0.244 e. The first-order valence-electron chi connectivity index (χ1n) is 8.24. The van der Waals surface area contributed by atoms with Crippen LogP contribution in [-0.2, 0) is 0 Å². The van der Waals surface area contributed by atoms with Gasteiger partial charge in [-0.05, 0) is 59.2 Å². The lowest BCUT2D eigenvalue weighted by molar-refractivity contribution is 0.405. The van der Waals surface area contributed by atoms with Crippen LogP contribution in [0.1, 0.15) is 38.5 Å². The Morgan fingerprint density at radius 2 is 2.09 bits per heavy atom. The summed E-state index contributed by atoms with van der Waals surface area (Å²) >= 11 is 0. The van der Waals surface area contributed by atoms with E-state index in [9.17, 15) is 0 Å². The zero-order valence-electron chi connectivity index (χ0n) is 13.8. The predicted octanol–water partition coefficient (Wildman–Crippen LogP) is 2.54. The molecule has 1 aromatic rings. The van der Waals surface area contributed by atoms with Crippen molar-refractivity contribution in [2.75, 3.05) is 44.4 Å². The Balaban J connectivity index is 1.70. The van der Waals surface area contributed by atoms with E-state index in [0.29, 0.717) is 5.95 Å². The highest BCUT2D eigenvalue weighted by Crippen LogP contribution is 2.19. The van der Waals surface area contributed by atoms with Gasteiger partial charge < -0.3 is 15.5 Å². The molecule has 0 radical (unpaired) electrons. The zero-order chi connectivity index (χ0) is 15.6. The first-order chi connectivity index (χ1) is 10.7. The van der Waals surface area contributed by atoms with E-state index in [-0.39, 0.29) is 0 Å². The van der Waals surface area contributed by atoms with Gasteiger partial charge in [-0.15, -0.1) is 5.10 Å². The van der Waals surface area contributed by atoms with Gasteiger partial charge in [0.15, 0.2) is 5.82 Å². The largest absolute Gasteiger partial charge is 0.369 e. The van der Waals surface area contributed by atoms with E-state index in [1.165, 1.54) is 25.7 Å². The van der Waals surface area contributed by atoms with Gasteiger partial charge in [-0.1, -0.05) is 11.6 Å². The lowest BCUT2D eigenvalue weighted by atomic mass is 9.97. The molecule has 0 spiro atoms. The Morgan fingerprint density at radius 3 is 2.86 bits per heavy atom. The van der Waals surface area contributed by atoms with Crippen LogP contribution in [0.3, 0.4) is 0 Å². The second-order valence-electron chi connectivity index (χ2n) is 6.03. The number of hydrogen-bond donors (Lipinski definition) is 2. The van der Waals surface area contributed by atoms with Gasteiger partial charge in [0.2, 0.25) is 5.95 Å². The quantitative estimate of drug-likeness (QED) is 0.540. The van der Waals surface area contributed by atoms with Crippen LogP contribution in [0.4, 0.5) is 11.8 Å². The third kappa shape index (κ3) is 6.39. The van der Waals surface area contributed by atoms with Gasteiger partial charge in [-0.3, -0.25) is 0 Å². The highest BCUT2D eigenvalue weighted by molar-refractivity contribution is 5.36. The van der Waals surface area contributed by atoms with Crippen LogP contribution in [0.25, 0.3) is 0 Å². The summed E-state index contributed by atoms with van der Waals surface area (Å²) in [5, 5.41) is 14.6. The molecule has 0 saturated carbocycles. The molecule has 1 aliphatic rings. The second kappa shape index (κ2) is 9.35. The predicted molar refractivity (Wildman–Crippen MR) is 91.1 cm³/mol. The molecule has 0 fully saturated rings. The van der Waals surface area contributed by atoms with Crippen molar-refractivity contribution in [2.45, 2.75) is 38.5 Å². The molecular formula is C16H28N6. The van der Waals surface area contributed by atoms with Crippen molar-refractivity contribution < 1.29 is 0 Å². The fourth-order valence-corrected chi connectivity index (χ4v) is 2.54. The topological polar surface area (TPSA) is 66.0 Å². The molecule has 0 aromatic carbocycles. The van der Waals surface area contributed by atoms with Crippen LogP contribution in [0.2, 0.25) is 0 Å². The van der Waals surface area contributed by atoms with Crippen molar-refractivity contribution in [1.82, 2.24) is 20.1 Å². The number of allylic oxidation sites excluding steroid dienone is 1. The molecule has 6 heteroatoms. The third-order valence-corrected chi connectivity index (χ3v) is 3.76. The molecule has 1 aliphatic carbocycles. The van der Waals surface area contributed by atoms with E-state index < -0.39 is 0 Å². The number of nitrogens with zero attached hydrogens (tertiary/aromatic N) is 4. The van der Waals surface area contributed by atoms with Gasteiger partial charge in [-0.25, -0.2) is 0 Å². The highest BCUT2D eigenvalue weighted by Gasteiger charge is 2.04. The minimum atomic E-state index is 0.606. The first-order valence-corrected chi connectivity index (χ1v) is 8.24. The SMILES string of the molecule is CN(C)CCCNc1cnnc(NCCC2=CCCCC2)n1. The van der Waals surface area contributed by atoms with Crippen LogP contribution in [-0.4, -0.2) is 53.8 Å². The number of aromatic nitrogens is 3. The van der Waals surface area contributed by atoms with Crippen molar-refractivity contribution in [3.8, 4) is 0 Å². The van der Waals surface area contributed by atoms with E-state index in [2.05, 4.69) is 50.9 Å². The van der Waals surface area contributed by atoms with Gasteiger partial charge in [-0.2, -0.15) is 10.1 Å². The number of nitrogens with one attached hydrogen (secondary N) is 2. The summed E-state index contributed by atoms with van der Waals surface area (Å²) in [6, 6.07) is 0. The fraction of sp³-hybridized carbons (Fsp3) is 0.688. The summed E-state index contributed by atoms with van der Waals surface area (Å²) in [7, 11) is 4.16. The molecule has 0 unspecified atom stereocenters. The Bertz CT molecular complexity index is 471. The summed E-state index contributed by atoms with van der Waals surface area (Å²) in [4.78, 5) is 6.62. The second-order valence-corrected chi connectivity index (χ2v) is 6.03. The van der Waals surface area contributed by atoms with Crippen molar-refractivity contribution in [1.29, 1.82) is 0 Å². The highest BCUT2D eigenvalue weighted by atomic mass is 15.3. The minimum Gasteiger partial charge on any atom is -0.369 e. The van der Waals surface area contributed by atoms with Crippen LogP contribution >= 0.6 is 0 Å². The van der Waals surface area contributed by atoms with Crippen molar-refractivity contribution in [3.63, 3.8) is 0 Å². The van der Waals surface area contributed by atoms with Crippen LogP contribution in [0.5, 0.6) is 0 Å². The lowest BCUT2D eigenvalue weighted by Crippen LogP contribution is -2.17. The Kier molecular flexibility index (Phi) is 7.09. The van der Waals surface area contributed by atoms with E-state index in [1.807, 2.05) is 0 Å². The normalized spacial score (nSPS) is 14.8. The molecular weight excluding hydrogens is 276 g/mol. The lowest BCUT2D eigenvalue weighted by Gasteiger charge is -2.13. The average Bonchev–Trinajstić information content (AvgIpc) is 2.53. The maximum atomic E-state index is 4.44. The van der Waals surface area contributed by atoms with Crippen LogP contribution < -0.4 is 10.6 Å². The maximum absolute atomic E-state index is 4.44. The van der Waals surface area contributed by atoms with Crippen molar-refractivity contribution >= 4 is 11.8 Å². The van der Waals surface area contributed by atoms with E-state index >= 15 is 0 Å². The Labute approximate surface area is 133 Å². The molecule has 22 heavy (non-hydrogen) atoms. The summed E-state index contributed by atoms with van der Waals surface area (Å²) in [5.41, 5.74) is 1.56. The molecule has 2 N–H and O–H groups in total. The van der Waals surface area contributed by atoms with E-state index in [0.717, 1.165) is 38.3 Å². The number of rotatable bonds is 9. The van der Waals surface area contributed by atoms with E-state index in [4.69, 9.17) is 0 Å². The summed E-state index contributed by atoms with van der Waals surface area (Å²) in [6.45, 7) is 2.83. The van der Waals surface area contributed by atoms with Gasteiger partial charge in [0.05, 0.1) is 6.20 Å². The molecule has 0 aliphatic heterocycles. The molecule has 0 bridgehead atoms. The van der Waals surface area contributed by atoms with Crippen molar-refractivity contribution in [3.05, 3.63) is 17.8 Å². The van der Waals surface area contributed by atoms with Gasteiger partial charge in [0.1, 0.15) is 0 Å². The standard InChI is InChI=1S/C16H28N6/c1-22(2)12-6-10-17-15-13-19-21-16(20-15)18-11-9-14-7-4-3-5-8-14/h7,13H,3-6,8-12H2,1-2H3,(H2,17,18,20,21). The molecule has 0 atom stereocenters. The smallest absolute Gasteiger partial charge is 0.244 e. The van der Waals surface area contributed by atoms with Crippen molar-refractivity contribution in [2.24, 2.45) is 0 Å². The monoisotopic (exact) mass is 304 g/mol. The Morgan fingerprint density at radius 1 is 1.18 bits per heavy atom.